The van der Waals surface area contributed by atoms with E-state index in [0.717, 1.165) is 35.5 Å². The van der Waals surface area contributed by atoms with Crippen molar-refractivity contribution in [1.82, 2.24) is 4.98 Å². The van der Waals surface area contributed by atoms with Gasteiger partial charge >= 0.3 is 5.97 Å². The van der Waals surface area contributed by atoms with E-state index >= 15 is 0 Å². The highest BCUT2D eigenvalue weighted by Gasteiger charge is 2.14. The van der Waals surface area contributed by atoms with E-state index in [2.05, 4.69) is 36.2 Å². The number of aromatic nitrogens is 1. The lowest BCUT2D eigenvalue weighted by Gasteiger charge is -2.17. The fraction of sp³-hybridized carbons (Fsp3) is 0.368. The molecule has 1 heterocycles. The van der Waals surface area contributed by atoms with Gasteiger partial charge in [-0.25, -0.2) is 4.98 Å². The van der Waals surface area contributed by atoms with Gasteiger partial charge in [0.15, 0.2) is 0 Å². The molecule has 4 heteroatoms. The minimum Gasteiger partial charge on any atom is -0.465 e. The first kappa shape index (κ1) is 15.9. The molecule has 0 spiro atoms. The van der Waals surface area contributed by atoms with E-state index in [4.69, 9.17) is 4.74 Å². The molecule has 0 saturated heterocycles. The third kappa shape index (κ3) is 4.52. The average Bonchev–Trinajstić information content (AvgIpc) is 3.02. The SMILES string of the molecule is Cc1cccc(-c2nc(CC(=O)OCC3CC=CCC3)cs2)c1. The summed E-state index contributed by atoms with van der Waals surface area (Å²) in [7, 11) is 0. The van der Waals surface area contributed by atoms with E-state index in [1.165, 1.54) is 5.56 Å². The second-order valence-electron chi connectivity index (χ2n) is 6.02. The lowest BCUT2D eigenvalue weighted by molar-refractivity contribution is -0.144. The first-order valence-electron chi connectivity index (χ1n) is 8.03. The van der Waals surface area contributed by atoms with Gasteiger partial charge in [0.05, 0.1) is 18.7 Å². The molecule has 2 aromatic rings. The molecule has 1 aromatic carbocycles. The monoisotopic (exact) mass is 327 g/mol. The maximum absolute atomic E-state index is 12.0. The summed E-state index contributed by atoms with van der Waals surface area (Å²) in [6.45, 7) is 2.59. The van der Waals surface area contributed by atoms with Gasteiger partial charge in [-0.05, 0) is 38.2 Å². The molecule has 0 fully saturated rings. The van der Waals surface area contributed by atoms with Crippen LogP contribution in [-0.4, -0.2) is 17.6 Å². The van der Waals surface area contributed by atoms with Crippen molar-refractivity contribution in [3.63, 3.8) is 0 Å². The molecule has 0 amide bonds. The van der Waals surface area contributed by atoms with Crippen LogP contribution in [0.15, 0.2) is 41.8 Å². The maximum atomic E-state index is 12.0. The Morgan fingerprint density at radius 1 is 1.39 bits per heavy atom. The van der Waals surface area contributed by atoms with Gasteiger partial charge < -0.3 is 4.74 Å². The predicted molar refractivity (Wildman–Crippen MR) is 93.4 cm³/mol. The van der Waals surface area contributed by atoms with Gasteiger partial charge in [0.2, 0.25) is 0 Å². The molecule has 0 bridgehead atoms. The number of esters is 1. The molecule has 1 aliphatic carbocycles. The fourth-order valence-corrected chi connectivity index (χ4v) is 3.53. The number of thiazole rings is 1. The Balaban J connectivity index is 1.54. The second kappa shape index (κ2) is 7.55. The fourth-order valence-electron chi connectivity index (χ4n) is 2.72. The Bertz CT molecular complexity index is 705. The van der Waals surface area contributed by atoms with Crippen LogP contribution < -0.4 is 0 Å². The molecule has 120 valence electrons. The second-order valence-corrected chi connectivity index (χ2v) is 6.88. The van der Waals surface area contributed by atoms with E-state index in [1.54, 1.807) is 11.3 Å². The van der Waals surface area contributed by atoms with Crippen LogP contribution in [0.4, 0.5) is 0 Å². The number of benzene rings is 1. The first-order chi connectivity index (χ1) is 11.2. The standard InChI is InChI=1S/C19H21NO2S/c1-14-6-5-9-16(10-14)19-20-17(13-23-19)11-18(21)22-12-15-7-3-2-4-8-15/h2-3,5-6,9-10,13,15H,4,7-8,11-12H2,1H3. The third-order valence-corrected chi connectivity index (χ3v) is 4.94. The van der Waals surface area contributed by atoms with E-state index in [9.17, 15) is 4.79 Å². The summed E-state index contributed by atoms with van der Waals surface area (Å²) in [5.74, 6) is 0.294. The van der Waals surface area contributed by atoms with Crippen LogP contribution in [0, 0.1) is 12.8 Å². The van der Waals surface area contributed by atoms with Gasteiger partial charge in [-0.2, -0.15) is 0 Å². The molecule has 1 unspecified atom stereocenters. The van der Waals surface area contributed by atoms with Crippen molar-refractivity contribution in [2.45, 2.75) is 32.6 Å². The molecule has 1 aliphatic rings. The van der Waals surface area contributed by atoms with Crippen molar-refractivity contribution < 1.29 is 9.53 Å². The normalized spacial score (nSPS) is 17.2. The van der Waals surface area contributed by atoms with Crippen LogP contribution in [0.3, 0.4) is 0 Å². The van der Waals surface area contributed by atoms with Gasteiger partial charge in [-0.15, -0.1) is 11.3 Å². The number of rotatable bonds is 5. The molecule has 0 saturated carbocycles. The molecule has 0 N–H and O–H groups in total. The number of aryl methyl sites for hydroxylation is 1. The Morgan fingerprint density at radius 2 is 2.30 bits per heavy atom. The summed E-state index contributed by atoms with van der Waals surface area (Å²) in [6, 6.07) is 8.25. The molecule has 0 radical (unpaired) electrons. The summed E-state index contributed by atoms with van der Waals surface area (Å²) in [4.78, 5) is 16.5. The lowest BCUT2D eigenvalue weighted by Crippen LogP contribution is -2.16. The van der Waals surface area contributed by atoms with Gasteiger partial charge in [0.1, 0.15) is 5.01 Å². The van der Waals surface area contributed by atoms with Crippen LogP contribution in [0.2, 0.25) is 0 Å². The van der Waals surface area contributed by atoms with Crippen LogP contribution in [0.1, 0.15) is 30.5 Å². The van der Waals surface area contributed by atoms with Crippen molar-refractivity contribution >= 4 is 17.3 Å². The molecule has 3 nitrogen and oxygen atoms in total. The summed E-state index contributed by atoms with van der Waals surface area (Å²) in [6.07, 6.45) is 7.84. The summed E-state index contributed by atoms with van der Waals surface area (Å²) in [5, 5.41) is 2.90. The number of carbonyl (C=O) groups is 1. The van der Waals surface area contributed by atoms with Crippen molar-refractivity contribution in [2.24, 2.45) is 5.92 Å². The molecule has 1 atom stereocenters. The number of allylic oxidation sites excluding steroid dienone is 2. The zero-order valence-corrected chi connectivity index (χ0v) is 14.1. The summed E-state index contributed by atoms with van der Waals surface area (Å²) >= 11 is 1.57. The van der Waals surface area contributed by atoms with Crippen LogP contribution in [0.25, 0.3) is 10.6 Å². The number of hydrogen-bond acceptors (Lipinski definition) is 4. The molecule has 23 heavy (non-hydrogen) atoms. The highest BCUT2D eigenvalue weighted by Crippen LogP contribution is 2.25. The van der Waals surface area contributed by atoms with Crippen molar-refractivity contribution in [2.75, 3.05) is 6.61 Å². The van der Waals surface area contributed by atoms with Crippen molar-refractivity contribution in [3.05, 3.63) is 53.1 Å². The van der Waals surface area contributed by atoms with E-state index < -0.39 is 0 Å². The number of nitrogens with zero attached hydrogens (tertiary/aromatic N) is 1. The Labute approximate surface area is 141 Å². The molecule has 1 aromatic heterocycles. The largest absolute Gasteiger partial charge is 0.465 e. The average molecular weight is 327 g/mol. The van der Waals surface area contributed by atoms with Crippen molar-refractivity contribution in [1.29, 1.82) is 0 Å². The number of ether oxygens (including phenoxy) is 1. The quantitative estimate of drug-likeness (QED) is 0.597. The first-order valence-corrected chi connectivity index (χ1v) is 8.91. The van der Waals surface area contributed by atoms with Gasteiger partial charge in [-0.1, -0.05) is 35.9 Å². The molecular formula is C19H21NO2S. The Morgan fingerprint density at radius 3 is 3.09 bits per heavy atom. The van der Waals surface area contributed by atoms with Gasteiger partial charge in [0, 0.05) is 10.9 Å². The molecule has 3 rings (SSSR count). The minimum atomic E-state index is -0.180. The maximum Gasteiger partial charge on any atom is 0.311 e. The minimum absolute atomic E-state index is 0.180. The third-order valence-electron chi connectivity index (χ3n) is 4.00. The van der Waals surface area contributed by atoms with Crippen molar-refractivity contribution in [3.8, 4) is 10.6 Å². The highest BCUT2D eigenvalue weighted by molar-refractivity contribution is 7.13. The molecule has 0 aliphatic heterocycles. The number of carbonyl (C=O) groups excluding carboxylic acids is 1. The van der Waals surface area contributed by atoms with E-state index in [1.807, 2.05) is 17.5 Å². The Hall–Kier alpha value is -1.94. The van der Waals surface area contributed by atoms with Crippen LogP contribution in [0.5, 0.6) is 0 Å². The van der Waals surface area contributed by atoms with E-state index in [0.29, 0.717) is 12.5 Å². The molecular weight excluding hydrogens is 306 g/mol. The van der Waals surface area contributed by atoms with E-state index in [-0.39, 0.29) is 12.4 Å². The lowest BCUT2D eigenvalue weighted by atomic mass is 9.95. The highest BCUT2D eigenvalue weighted by atomic mass is 32.1. The summed E-state index contributed by atoms with van der Waals surface area (Å²) in [5.41, 5.74) is 3.10. The zero-order valence-electron chi connectivity index (χ0n) is 13.3. The smallest absolute Gasteiger partial charge is 0.311 e. The van der Waals surface area contributed by atoms with Gasteiger partial charge in [-0.3, -0.25) is 4.79 Å². The summed E-state index contributed by atoms with van der Waals surface area (Å²) < 4.78 is 5.41. The van der Waals surface area contributed by atoms with Gasteiger partial charge in [0.25, 0.3) is 0 Å². The number of hydrogen-bond donors (Lipinski definition) is 0. The Kier molecular flexibility index (Phi) is 5.23. The predicted octanol–water partition coefficient (Wildman–Crippen LogP) is 4.56. The zero-order chi connectivity index (χ0) is 16.1. The van der Waals surface area contributed by atoms with Crippen LogP contribution >= 0.6 is 11.3 Å². The topological polar surface area (TPSA) is 39.2 Å². The van der Waals surface area contributed by atoms with Crippen LogP contribution in [-0.2, 0) is 16.0 Å².